The molecule has 0 fully saturated rings. The number of nitrogens with zero attached hydrogens (tertiary/aromatic N) is 2. The summed E-state index contributed by atoms with van der Waals surface area (Å²) < 4.78 is 0. The van der Waals surface area contributed by atoms with Crippen LogP contribution in [-0.4, -0.2) is 17.7 Å². The van der Waals surface area contributed by atoms with Crippen molar-refractivity contribution in [3.8, 4) is 5.75 Å². The van der Waals surface area contributed by atoms with Crippen molar-refractivity contribution in [1.29, 1.82) is 0 Å². The first-order valence-corrected chi connectivity index (χ1v) is 5.43. The van der Waals surface area contributed by atoms with E-state index in [9.17, 15) is 9.90 Å². The lowest BCUT2D eigenvalue weighted by Gasteiger charge is -2.10. The van der Waals surface area contributed by atoms with Gasteiger partial charge in [-0.25, -0.2) is 5.01 Å². The van der Waals surface area contributed by atoms with E-state index in [0.29, 0.717) is 17.7 Å². The Kier molecular flexibility index (Phi) is 3.71. The van der Waals surface area contributed by atoms with Crippen LogP contribution in [0.2, 0.25) is 0 Å². The molecule has 0 bridgehead atoms. The molecule has 90 valence electrons. The second kappa shape index (κ2) is 5.63. The van der Waals surface area contributed by atoms with Crippen LogP contribution in [0.5, 0.6) is 5.75 Å². The second-order valence-electron chi connectivity index (χ2n) is 3.59. The van der Waals surface area contributed by atoms with Crippen molar-refractivity contribution >= 4 is 18.3 Å². The monoisotopic (exact) mass is 240 g/mol. The lowest BCUT2D eigenvalue weighted by atomic mass is 10.2. The Balaban J connectivity index is 2.22. The molecule has 0 aromatic heterocycles. The molecule has 2 rings (SSSR count). The molecule has 18 heavy (non-hydrogen) atoms. The molecule has 2 aromatic rings. The number of hydrogen-bond acceptors (Lipinski definition) is 3. The van der Waals surface area contributed by atoms with E-state index in [4.69, 9.17) is 0 Å². The number of rotatable bonds is 4. The maximum absolute atomic E-state index is 11.0. The number of phenols is 1. The minimum atomic E-state index is 0.125. The quantitative estimate of drug-likeness (QED) is 0.507. The number of aromatic hydroxyl groups is 1. The number of hydrogen-bond donors (Lipinski definition) is 1. The number of carbonyl (C=O) groups is 1. The fourth-order valence-electron chi connectivity index (χ4n) is 1.46. The van der Waals surface area contributed by atoms with E-state index < -0.39 is 0 Å². The second-order valence-corrected chi connectivity index (χ2v) is 3.59. The molecule has 0 radical (unpaired) electrons. The first-order chi connectivity index (χ1) is 8.81. The van der Waals surface area contributed by atoms with Crippen LogP contribution in [0.4, 0.5) is 5.69 Å². The number of benzene rings is 2. The average molecular weight is 240 g/mol. The molecular weight excluding hydrogens is 228 g/mol. The van der Waals surface area contributed by atoms with Crippen LogP contribution in [0.1, 0.15) is 5.56 Å². The van der Waals surface area contributed by atoms with E-state index in [1.165, 1.54) is 11.2 Å². The van der Waals surface area contributed by atoms with Crippen LogP contribution < -0.4 is 5.01 Å². The summed E-state index contributed by atoms with van der Waals surface area (Å²) in [7, 11) is 0. The topological polar surface area (TPSA) is 52.9 Å². The predicted octanol–water partition coefficient (Wildman–Crippen LogP) is 2.39. The van der Waals surface area contributed by atoms with Gasteiger partial charge in [0, 0.05) is 5.56 Å². The summed E-state index contributed by atoms with van der Waals surface area (Å²) in [6.07, 6.45) is 2.06. The van der Waals surface area contributed by atoms with Crippen molar-refractivity contribution in [1.82, 2.24) is 0 Å². The minimum Gasteiger partial charge on any atom is -0.507 e. The van der Waals surface area contributed by atoms with Gasteiger partial charge in [0.25, 0.3) is 0 Å². The van der Waals surface area contributed by atoms with Gasteiger partial charge in [-0.3, -0.25) is 4.79 Å². The molecule has 4 nitrogen and oxygen atoms in total. The molecule has 4 heteroatoms. The van der Waals surface area contributed by atoms with Crippen LogP contribution in [0.15, 0.2) is 59.7 Å². The van der Waals surface area contributed by atoms with E-state index in [1.54, 1.807) is 36.4 Å². The number of anilines is 1. The van der Waals surface area contributed by atoms with Gasteiger partial charge in [0.05, 0.1) is 11.9 Å². The zero-order valence-electron chi connectivity index (χ0n) is 9.60. The lowest BCUT2D eigenvalue weighted by molar-refractivity contribution is -0.107. The van der Waals surface area contributed by atoms with Crippen molar-refractivity contribution < 1.29 is 9.90 Å². The Bertz CT molecular complexity index is 553. The van der Waals surface area contributed by atoms with Gasteiger partial charge in [-0.15, -0.1) is 0 Å². The third-order valence-electron chi connectivity index (χ3n) is 2.38. The third-order valence-corrected chi connectivity index (χ3v) is 2.38. The molecule has 0 spiro atoms. The van der Waals surface area contributed by atoms with Crippen LogP contribution in [0, 0.1) is 0 Å². The van der Waals surface area contributed by atoms with Crippen LogP contribution in [0.3, 0.4) is 0 Å². The van der Waals surface area contributed by atoms with E-state index in [0.717, 1.165) is 0 Å². The standard InChI is InChI=1S/C14H12N2O2/c17-11-16(13-7-2-1-3-8-13)15-10-12-6-4-5-9-14(12)18/h1-11,18H. The van der Waals surface area contributed by atoms with Crippen molar-refractivity contribution in [3.63, 3.8) is 0 Å². The van der Waals surface area contributed by atoms with Crippen LogP contribution in [-0.2, 0) is 4.79 Å². The lowest BCUT2D eigenvalue weighted by Crippen LogP contribution is -2.13. The smallest absolute Gasteiger partial charge is 0.234 e. The van der Waals surface area contributed by atoms with E-state index in [1.807, 2.05) is 18.2 Å². The maximum atomic E-state index is 11.0. The van der Waals surface area contributed by atoms with Gasteiger partial charge in [-0.1, -0.05) is 30.3 Å². The molecule has 0 saturated heterocycles. The van der Waals surface area contributed by atoms with Crippen molar-refractivity contribution in [3.05, 3.63) is 60.2 Å². The maximum Gasteiger partial charge on any atom is 0.234 e. The zero-order chi connectivity index (χ0) is 12.8. The van der Waals surface area contributed by atoms with Crippen LogP contribution in [0.25, 0.3) is 0 Å². The molecule has 2 aromatic carbocycles. The van der Waals surface area contributed by atoms with E-state index in [-0.39, 0.29) is 5.75 Å². The summed E-state index contributed by atoms with van der Waals surface area (Å²) in [5.74, 6) is 0.125. The molecule has 1 N–H and O–H groups in total. The number of para-hydroxylation sites is 2. The van der Waals surface area contributed by atoms with E-state index in [2.05, 4.69) is 5.10 Å². The first kappa shape index (κ1) is 11.9. The molecule has 0 unspecified atom stereocenters. The molecule has 1 amide bonds. The SMILES string of the molecule is O=CN(N=Cc1ccccc1O)c1ccccc1. The Morgan fingerprint density at radius 2 is 1.67 bits per heavy atom. The van der Waals surface area contributed by atoms with Crippen LogP contribution >= 0.6 is 0 Å². The highest BCUT2D eigenvalue weighted by Crippen LogP contribution is 2.15. The zero-order valence-corrected chi connectivity index (χ0v) is 9.60. The Hall–Kier alpha value is -2.62. The number of hydrazone groups is 1. The summed E-state index contributed by atoms with van der Waals surface area (Å²) >= 11 is 0. The summed E-state index contributed by atoms with van der Waals surface area (Å²) in [6, 6.07) is 15.8. The Morgan fingerprint density at radius 3 is 2.33 bits per heavy atom. The third kappa shape index (κ3) is 2.74. The number of phenolic OH excluding ortho intramolecular Hbond substituents is 1. The minimum absolute atomic E-state index is 0.125. The summed E-state index contributed by atoms with van der Waals surface area (Å²) in [5.41, 5.74) is 1.22. The normalized spacial score (nSPS) is 10.4. The molecule has 0 heterocycles. The molecule has 0 aliphatic carbocycles. The van der Waals surface area contributed by atoms with Gasteiger partial charge in [0.15, 0.2) is 0 Å². The molecule has 0 aliphatic heterocycles. The summed E-state index contributed by atoms with van der Waals surface area (Å²) in [6.45, 7) is 0. The molecule has 0 atom stereocenters. The summed E-state index contributed by atoms with van der Waals surface area (Å²) in [4.78, 5) is 11.0. The Labute approximate surface area is 105 Å². The van der Waals surface area contributed by atoms with Crippen molar-refractivity contribution in [2.75, 3.05) is 5.01 Å². The number of amides is 1. The Morgan fingerprint density at radius 1 is 1.00 bits per heavy atom. The van der Waals surface area contributed by atoms with Gasteiger partial charge < -0.3 is 5.11 Å². The number of carbonyl (C=O) groups excluding carboxylic acids is 1. The van der Waals surface area contributed by atoms with E-state index >= 15 is 0 Å². The van der Waals surface area contributed by atoms with Gasteiger partial charge >= 0.3 is 0 Å². The molecule has 0 saturated carbocycles. The predicted molar refractivity (Wildman–Crippen MR) is 70.7 cm³/mol. The highest BCUT2D eigenvalue weighted by molar-refractivity contribution is 5.86. The summed E-state index contributed by atoms with van der Waals surface area (Å²) in [5, 5.41) is 14.8. The van der Waals surface area contributed by atoms with Gasteiger partial charge in [0.2, 0.25) is 6.41 Å². The molecular formula is C14H12N2O2. The fraction of sp³-hybridized carbons (Fsp3) is 0. The highest BCUT2D eigenvalue weighted by Gasteiger charge is 2.01. The highest BCUT2D eigenvalue weighted by atomic mass is 16.3. The molecule has 0 aliphatic rings. The largest absolute Gasteiger partial charge is 0.507 e. The first-order valence-electron chi connectivity index (χ1n) is 5.43. The average Bonchev–Trinajstić information content (AvgIpc) is 2.42. The van der Waals surface area contributed by atoms with Crippen molar-refractivity contribution in [2.45, 2.75) is 0 Å². The fourth-order valence-corrected chi connectivity index (χ4v) is 1.46. The van der Waals surface area contributed by atoms with Crippen molar-refractivity contribution in [2.24, 2.45) is 5.10 Å². The van der Waals surface area contributed by atoms with Gasteiger partial charge in [0.1, 0.15) is 5.75 Å². The van der Waals surface area contributed by atoms with Gasteiger partial charge in [-0.05, 0) is 24.3 Å². The van der Waals surface area contributed by atoms with Gasteiger partial charge in [-0.2, -0.15) is 5.10 Å².